The lowest BCUT2D eigenvalue weighted by molar-refractivity contribution is 0.115. The second-order valence-electron chi connectivity index (χ2n) is 7.13. The van der Waals surface area contributed by atoms with Crippen LogP contribution < -0.4 is 4.90 Å². The molecule has 5 nitrogen and oxygen atoms in total. The van der Waals surface area contributed by atoms with Gasteiger partial charge in [0.05, 0.1) is 12.5 Å². The number of benzene rings is 2. The number of ether oxygens (including phenoxy) is 1. The Morgan fingerprint density at radius 3 is 2.77 bits per heavy atom. The van der Waals surface area contributed by atoms with Crippen LogP contribution in [0.4, 0.5) is 10.5 Å². The molecular weight excluding hydrogens is 326 g/mol. The molecule has 132 valence electrons. The maximum Gasteiger partial charge on any atom is 0.411 e. The fraction of sp³-hybridized carbons (Fsp3) is 0.286. The molecule has 2 aliphatic rings. The van der Waals surface area contributed by atoms with Crippen LogP contribution in [0.1, 0.15) is 17.5 Å². The molecule has 1 N–H and O–H groups in total. The molecular formula is C21H21N3O2. The lowest BCUT2D eigenvalue weighted by atomic mass is 9.73. The van der Waals surface area contributed by atoms with Gasteiger partial charge < -0.3 is 14.6 Å². The first-order valence-corrected chi connectivity index (χ1v) is 8.92. The maximum absolute atomic E-state index is 12.5. The predicted molar refractivity (Wildman–Crippen MR) is 101 cm³/mol. The summed E-state index contributed by atoms with van der Waals surface area (Å²) in [6.45, 7) is 0.676. The quantitative estimate of drug-likeness (QED) is 0.730. The van der Waals surface area contributed by atoms with Gasteiger partial charge in [0, 0.05) is 36.4 Å². The van der Waals surface area contributed by atoms with E-state index in [0.717, 1.165) is 11.9 Å². The van der Waals surface area contributed by atoms with Gasteiger partial charge in [0.25, 0.3) is 0 Å². The van der Waals surface area contributed by atoms with Crippen LogP contribution in [0.3, 0.4) is 0 Å². The molecule has 1 saturated heterocycles. The summed E-state index contributed by atoms with van der Waals surface area (Å²) in [4.78, 5) is 20.0. The molecule has 0 aliphatic carbocycles. The number of para-hydroxylation sites is 2. The van der Waals surface area contributed by atoms with Crippen LogP contribution in [0, 0.1) is 0 Å². The molecule has 1 aromatic heterocycles. The van der Waals surface area contributed by atoms with Crippen molar-refractivity contribution >= 4 is 22.7 Å². The van der Waals surface area contributed by atoms with Crippen LogP contribution in [0.15, 0.2) is 54.7 Å². The largest absolute Gasteiger partial charge is 0.453 e. The maximum atomic E-state index is 12.5. The molecule has 3 aromatic rings. The van der Waals surface area contributed by atoms with Crippen molar-refractivity contribution in [1.82, 2.24) is 9.88 Å². The number of carbonyl (C=O) groups is 1. The van der Waals surface area contributed by atoms with Crippen LogP contribution in [-0.4, -0.2) is 42.8 Å². The highest BCUT2D eigenvalue weighted by Crippen LogP contribution is 2.56. The van der Waals surface area contributed by atoms with Crippen LogP contribution >= 0.6 is 0 Å². The van der Waals surface area contributed by atoms with Gasteiger partial charge in [0.2, 0.25) is 0 Å². The third kappa shape index (κ3) is 1.72. The number of aromatic nitrogens is 1. The van der Waals surface area contributed by atoms with E-state index in [4.69, 9.17) is 4.74 Å². The molecule has 1 fully saturated rings. The second-order valence-corrected chi connectivity index (χ2v) is 7.13. The van der Waals surface area contributed by atoms with Crippen molar-refractivity contribution in [2.45, 2.75) is 18.0 Å². The number of H-pyrrole nitrogens is 1. The third-order valence-electron chi connectivity index (χ3n) is 6.09. The Morgan fingerprint density at radius 2 is 1.92 bits per heavy atom. The fourth-order valence-electron chi connectivity index (χ4n) is 5.09. The van der Waals surface area contributed by atoms with Crippen molar-refractivity contribution in [2.75, 3.05) is 25.6 Å². The number of fused-ring (bicyclic) bond motifs is 4. The van der Waals surface area contributed by atoms with Crippen molar-refractivity contribution in [3.8, 4) is 0 Å². The molecule has 26 heavy (non-hydrogen) atoms. The first-order chi connectivity index (χ1) is 12.7. The average molecular weight is 347 g/mol. The third-order valence-corrected chi connectivity index (χ3v) is 6.09. The van der Waals surface area contributed by atoms with E-state index < -0.39 is 0 Å². The normalized spacial score (nSPS) is 24.0. The average Bonchev–Trinajstić information content (AvgIpc) is 3.34. The summed E-state index contributed by atoms with van der Waals surface area (Å²) in [5.74, 6) is 0. The lowest BCUT2D eigenvalue weighted by Crippen LogP contribution is -2.50. The highest BCUT2D eigenvalue weighted by molar-refractivity contribution is 5.87. The number of nitrogens with zero attached hydrogens (tertiary/aromatic N) is 2. The van der Waals surface area contributed by atoms with Gasteiger partial charge in [-0.1, -0.05) is 36.4 Å². The van der Waals surface area contributed by atoms with Crippen LogP contribution in [0.2, 0.25) is 0 Å². The first-order valence-electron chi connectivity index (χ1n) is 8.92. The minimum Gasteiger partial charge on any atom is -0.453 e. The number of anilines is 1. The molecule has 1 amide bonds. The number of nitrogens with one attached hydrogen (secondary N) is 1. The molecule has 2 atom stereocenters. The van der Waals surface area contributed by atoms with Gasteiger partial charge in [-0.2, -0.15) is 0 Å². The van der Waals surface area contributed by atoms with Gasteiger partial charge in [-0.15, -0.1) is 0 Å². The Balaban J connectivity index is 1.80. The number of methoxy groups -OCH3 is 1. The Kier molecular flexibility index (Phi) is 3.11. The molecule has 3 heterocycles. The monoisotopic (exact) mass is 347 g/mol. The molecule has 2 aliphatic heterocycles. The number of likely N-dealkylation sites (N-methyl/N-ethyl adjacent to an activating group) is 1. The van der Waals surface area contributed by atoms with E-state index in [9.17, 15) is 4.79 Å². The Labute approximate surface area is 152 Å². The van der Waals surface area contributed by atoms with Crippen molar-refractivity contribution in [3.63, 3.8) is 0 Å². The minimum absolute atomic E-state index is 0.0912. The van der Waals surface area contributed by atoms with Gasteiger partial charge in [-0.05, 0) is 29.7 Å². The van der Waals surface area contributed by atoms with Gasteiger partial charge in [0.15, 0.2) is 0 Å². The number of amides is 1. The fourth-order valence-corrected chi connectivity index (χ4v) is 5.09. The molecule has 0 bridgehead atoms. The van der Waals surface area contributed by atoms with Crippen LogP contribution in [0.5, 0.6) is 0 Å². The van der Waals surface area contributed by atoms with E-state index in [0.29, 0.717) is 6.54 Å². The lowest BCUT2D eigenvalue weighted by Gasteiger charge is -2.36. The number of hydrogen-bond acceptors (Lipinski definition) is 3. The number of carbonyl (C=O) groups excluding carboxylic acids is 1. The highest BCUT2D eigenvalue weighted by atomic mass is 16.5. The van der Waals surface area contributed by atoms with Crippen molar-refractivity contribution < 1.29 is 9.53 Å². The predicted octanol–water partition coefficient (Wildman–Crippen LogP) is 3.70. The van der Waals surface area contributed by atoms with Gasteiger partial charge >= 0.3 is 6.09 Å². The van der Waals surface area contributed by atoms with Gasteiger partial charge in [0.1, 0.15) is 6.17 Å². The standard InChI is InChI=1S/C21H21N3O2/c1-23-18-10-6-4-8-15(18)21(11-12-24(19(21)23)20(25)26-2)16-13-22-17-9-5-3-7-14(16)17/h3-10,13,19,22H,11-12H2,1-2H3/t19-,21-/m0/s1. The molecule has 0 saturated carbocycles. The number of likely N-dealkylation sites (tertiary alicyclic amines) is 1. The summed E-state index contributed by atoms with van der Waals surface area (Å²) in [6, 6.07) is 16.9. The van der Waals surface area contributed by atoms with E-state index in [1.54, 1.807) is 0 Å². The summed E-state index contributed by atoms with van der Waals surface area (Å²) in [5, 5.41) is 1.22. The number of rotatable bonds is 1. The Hall–Kier alpha value is -2.95. The first kappa shape index (κ1) is 15.3. The Bertz CT molecular complexity index is 1010. The van der Waals surface area contributed by atoms with E-state index in [-0.39, 0.29) is 17.7 Å². The topological polar surface area (TPSA) is 48.6 Å². The molecule has 0 unspecified atom stereocenters. The SMILES string of the molecule is COC(=O)N1CC[C@@]2(c3c[nH]c4ccccc34)c3ccccc3N(C)[C@@H]12. The van der Waals surface area contributed by atoms with Gasteiger partial charge in [-0.3, -0.25) is 4.90 Å². The van der Waals surface area contributed by atoms with E-state index >= 15 is 0 Å². The van der Waals surface area contributed by atoms with Gasteiger partial charge in [-0.25, -0.2) is 4.79 Å². The van der Waals surface area contributed by atoms with E-state index in [1.165, 1.54) is 29.3 Å². The van der Waals surface area contributed by atoms with Crippen molar-refractivity contribution in [1.29, 1.82) is 0 Å². The highest BCUT2D eigenvalue weighted by Gasteiger charge is 2.59. The zero-order valence-electron chi connectivity index (χ0n) is 14.9. The summed E-state index contributed by atoms with van der Waals surface area (Å²) in [6.07, 6.45) is 2.63. The summed E-state index contributed by atoms with van der Waals surface area (Å²) in [5.41, 5.74) is 4.57. The number of hydrogen-bond donors (Lipinski definition) is 1. The zero-order chi connectivity index (χ0) is 17.9. The zero-order valence-corrected chi connectivity index (χ0v) is 14.9. The molecule has 0 spiro atoms. The molecule has 5 heteroatoms. The smallest absolute Gasteiger partial charge is 0.411 e. The molecule has 0 radical (unpaired) electrons. The second kappa shape index (κ2) is 5.27. The minimum atomic E-state index is -0.267. The summed E-state index contributed by atoms with van der Waals surface area (Å²) in [7, 11) is 3.53. The summed E-state index contributed by atoms with van der Waals surface area (Å²) < 4.78 is 5.09. The van der Waals surface area contributed by atoms with Crippen LogP contribution in [0.25, 0.3) is 10.9 Å². The van der Waals surface area contributed by atoms with E-state index in [2.05, 4.69) is 65.6 Å². The summed E-state index contributed by atoms with van der Waals surface area (Å²) >= 11 is 0. The Morgan fingerprint density at radius 1 is 1.15 bits per heavy atom. The van der Waals surface area contributed by atoms with E-state index in [1.807, 2.05) is 11.0 Å². The molecule has 2 aromatic carbocycles. The van der Waals surface area contributed by atoms with Crippen molar-refractivity contribution in [2.24, 2.45) is 0 Å². The van der Waals surface area contributed by atoms with Crippen LogP contribution in [-0.2, 0) is 10.2 Å². The number of aromatic amines is 1. The molecule has 5 rings (SSSR count). The van der Waals surface area contributed by atoms with Crippen molar-refractivity contribution in [3.05, 3.63) is 65.9 Å².